The lowest BCUT2D eigenvalue weighted by molar-refractivity contribution is 0.327. The Kier molecular flexibility index (Phi) is 3.55. The number of fused-ring (bicyclic) bond motifs is 8. The van der Waals surface area contributed by atoms with Crippen molar-refractivity contribution in [2.75, 3.05) is 21.3 Å². The normalized spacial score (nSPS) is 11.5. The fourth-order valence-electron chi connectivity index (χ4n) is 3.78. The predicted octanol–water partition coefficient (Wildman–Crippen LogP) is 5.18. The number of thiophene rings is 1. The monoisotopic (exact) mass is 376 g/mol. The molecule has 0 saturated carbocycles. The SMILES string of the molecule is COc1cc2c3sc4ccccc4c3c3cncnc3c2c(OC)c1OC. The highest BCUT2D eigenvalue weighted by Crippen LogP contribution is 2.50. The van der Waals surface area contributed by atoms with Gasteiger partial charge in [-0.15, -0.1) is 11.3 Å². The number of hydrogen-bond acceptors (Lipinski definition) is 6. The minimum atomic E-state index is 0.563. The molecule has 5 aromatic rings. The van der Waals surface area contributed by atoms with Crippen molar-refractivity contribution in [1.29, 1.82) is 0 Å². The Morgan fingerprint density at radius 3 is 2.44 bits per heavy atom. The number of hydrogen-bond donors (Lipinski definition) is 0. The fourth-order valence-corrected chi connectivity index (χ4v) is 5.02. The second-order valence-corrected chi connectivity index (χ2v) is 7.21. The largest absolute Gasteiger partial charge is 0.493 e. The Bertz CT molecular complexity index is 1340. The van der Waals surface area contributed by atoms with E-state index in [-0.39, 0.29) is 0 Å². The number of rotatable bonds is 3. The van der Waals surface area contributed by atoms with Gasteiger partial charge in [0, 0.05) is 37.1 Å². The molecule has 2 aromatic heterocycles. The van der Waals surface area contributed by atoms with E-state index in [0.717, 1.165) is 31.8 Å². The standard InChI is InChI=1S/C21H16N2O3S/c1-24-14-8-12-17(20(26-3)19(14)25-2)18-13(9-22-10-23-18)16-11-6-4-5-7-15(11)27-21(12)16/h4-10H,1-3H3. The van der Waals surface area contributed by atoms with Gasteiger partial charge < -0.3 is 14.2 Å². The summed E-state index contributed by atoms with van der Waals surface area (Å²) in [6, 6.07) is 10.4. The molecule has 5 nitrogen and oxygen atoms in total. The smallest absolute Gasteiger partial charge is 0.204 e. The minimum Gasteiger partial charge on any atom is -0.493 e. The van der Waals surface area contributed by atoms with E-state index in [4.69, 9.17) is 14.2 Å². The van der Waals surface area contributed by atoms with Gasteiger partial charge in [0.25, 0.3) is 0 Å². The van der Waals surface area contributed by atoms with Crippen molar-refractivity contribution in [3.8, 4) is 17.2 Å². The third-order valence-corrected chi connectivity index (χ3v) is 6.09. The predicted molar refractivity (Wildman–Crippen MR) is 110 cm³/mol. The van der Waals surface area contributed by atoms with Crippen LogP contribution in [0.5, 0.6) is 17.2 Å². The molecule has 27 heavy (non-hydrogen) atoms. The molecule has 0 bridgehead atoms. The molecule has 3 aromatic carbocycles. The molecule has 0 aliphatic heterocycles. The second kappa shape index (κ2) is 5.96. The molecule has 5 rings (SSSR count). The van der Waals surface area contributed by atoms with Crippen molar-refractivity contribution in [1.82, 2.24) is 9.97 Å². The first-order valence-corrected chi connectivity index (χ1v) is 9.25. The lowest BCUT2D eigenvalue weighted by Crippen LogP contribution is -1.97. The molecule has 0 saturated heterocycles. The Morgan fingerprint density at radius 1 is 0.852 bits per heavy atom. The van der Waals surface area contributed by atoms with Gasteiger partial charge in [-0.2, -0.15) is 0 Å². The van der Waals surface area contributed by atoms with Crippen LogP contribution < -0.4 is 14.2 Å². The molecule has 0 unspecified atom stereocenters. The first-order chi connectivity index (χ1) is 13.3. The molecular weight excluding hydrogens is 360 g/mol. The molecule has 134 valence electrons. The van der Waals surface area contributed by atoms with Crippen LogP contribution in [0.4, 0.5) is 0 Å². The van der Waals surface area contributed by atoms with E-state index in [0.29, 0.717) is 17.2 Å². The van der Waals surface area contributed by atoms with Crippen LogP contribution in [0, 0.1) is 0 Å². The maximum atomic E-state index is 5.76. The van der Waals surface area contributed by atoms with Crippen LogP contribution in [0.15, 0.2) is 42.9 Å². The molecule has 0 spiro atoms. The summed E-state index contributed by atoms with van der Waals surface area (Å²) in [5, 5.41) is 5.31. The molecule has 0 aliphatic rings. The van der Waals surface area contributed by atoms with Crippen molar-refractivity contribution < 1.29 is 14.2 Å². The number of ether oxygens (including phenoxy) is 3. The average molecular weight is 376 g/mol. The Labute approximate surface area is 159 Å². The summed E-state index contributed by atoms with van der Waals surface area (Å²) in [6.07, 6.45) is 3.44. The topological polar surface area (TPSA) is 53.5 Å². The molecule has 0 fully saturated rings. The van der Waals surface area contributed by atoms with Crippen LogP contribution in [0.1, 0.15) is 0 Å². The van der Waals surface area contributed by atoms with Crippen LogP contribution in [-0.2, 0) is 0 Å². The zero-order valence-corrected chi connectivity index (χ0v) is 15.9. The van der Waals surface area contributed by atoms with Crippen LogP contribution >= 0.6 is 11.3 Å². The van der Waals surface area contributed by atoms with Crippen LogP contribution in [0.25, 0.3) is 41.8 Å². The van der Waals surface area contributed by atoms with Gasteiger partial charge in [-0.25, -0.2) is 9.97 Å². The highest BCUT2D eigenvalue weighted by atomic mass is 32.1. The molecule has 0 radical (unpaired) electrons. The van der Waals surface area contributed by atoms with E-state index in [1.165, 1.54) is 10.1 Å². The van der Waals surface area contributed by atoms with E-state index < -0.39 is 0 Å². The Hall–Kier alpha value is -3.12. The Morgan fingerprint density at radius 2 is 1.67 bits per heavy atom. The maximum absolute atomic E-state index is 5.76. The molecule has 0 aliphatic carbocycles. The summed E-state index contributed by atoms with van der Waals surface area (Å²) in [6.45, 7) is 0. The van der Waals surface area contributed by atoms with Crippen molar-refractivity contribution in [3.05, 3.63) is 42.9 Å². The van der Waals surface area contributed by atoms with E-state index in [1.807, 2.05) is 12.3 Å². The summed E-state index contributed by atoms with van der Waals surface area (Å²) >= 11 is 1.75. The van der Waals surface area contributed by atoms with Crippen LogP contribution in [-0.4, -0.2) is 31.3 Å². The van der Waals surface area contributed by atoms with Crippen molar-refractivity contribution in [3.63, 3.8) is 0 Å². The average Bonchev–Trinajstić information content (AvgIpc) is 3.12. The summed E-state index contributed by atoms with van der Waals surface area (Å²) in [4.78, 5) is 8.89. The number of benzene rings is 3. The van der Waals surface area contributed by atoms with Gasteiger partial charge in [0.05, 0.1) is 32.2 Å². The third-order valence-electron chi connectivity index (χ3n) is 4.89. The zero-order valence-electron chi connectivity index (χ0n) is 15.1. The number of nitrogens with zero attached hydrogens (tertiary/aromatic N) is 2. The summed E-state index contributed by atoms with van der Waals surface area (Å²) < 4.78 is 19.3. The van der Waals surface area contributed by atoms with Crippen LogP contribution in [0.2, 0.25) is 0 Å². The molecule has 0 atom stereocenters. The van der Waals surface area contributed by atoms with Gasteiger partial charge in [0.1, 0.15) is 6.33 Å². The molecule has 0 N–H and O–H groups in total. The fraction of sp³-hybridized carbons (Fsp3) is 0.143. The molecular formula is C21H16N2O3S. The Balaban J connectivity index is 2.16. The van der Waals surface area contributed by atoms with E-state index in [9.17, 15) is 0 Å². The summed E-state index contributed by atoms with van der Waals surface area (Å²) in [5.74, 6) is 1.82. The second-order valence-electron chi connectivity index (χ2n) is 6.16. The molecule has 2 heterocycles. The van der Waals surface area contributed by atoms with E-state index in [1.54, 1.807) is 39.0 Å². The lowest BCUT2D eigenvalue weighted by Gasteiger charge is -2.16. The first kappa shape index (κ1) is 16.1. The van der Waals surface area contributed by atoms with Crippen molar-refractivity contribution >= 4 is 53.2 Å². The first-order valence-electron chi connectivity index (χ1n) is 8.44. The maximum Gasteiger partial charge on any atom is 0.204 e. The van der Waals surface area contributed by atoms with E-state index in [2.05, 4.69) is 34.2 Å². The van der Waals surface area contributed by atoms with Gasteiger partial charge in [-0.3, -0.25) is 0 Å². The molecule has 0 amide bonds. The van der Waals surface area contributed by atoms with Crippen molar-refractivity contribution in [2.24, 2.45) is 0 Å². The van der Waals surface area contributed by atoms with Gasteiger partial charge >= 0.3 is 0 Å². The van der Waals surface area contributed by atoms with E-state index >= 15 is 0 Å². The zero-order chi connectivity index (χ0) is 18.5. The lowest BCUT2D eigenvalue weighted by atomic mass is 10.00. The van der Waals surface area contributed by atoms with Gasteiger partial charge in [-0.05, 0) is 12.1 Å². The summed E-state index contributed by atoms with van der Waals surface area (Å²) in [5.41, 5.74) is 0.842. The van der Waals surface area contributed by atoms with Crippen molar-refractivity contribution in [2.45, 2.75) is 0 Å². The van der Waals surface area contributed by atoms with Gasteiger partial charge in [0.2, 0.25) is 5.75 Å². The third kappa shape index (κ3) is 2.10. The highest BCUT2D eigenvalue weighted by molar-refractivity contribution is 7.27. The minimum absolute atomic E-state index is 0.563. The number of methoxy groups -OCH3 is 3. The van der Waals surface area contributed by atoms with Crippen LogP contribution in [0.3, 0.4) is 0 Å². The molecule has 6 heteroatoms. The van der Waals surface area contributed by atoms with Gasteiger partial charge in [-0.1, -0.05) is 18.2 Å². The highest BCUT2D eigenvalue weighted by Gasteiger charge is 2.23. The number of aromatic nitrogens is 2. The quantitative estimate of drug-likeness (QED) is 0.406. The van der Waals surface area contributed by atoms with Gasteiger partial charge in [0.15, 0.2) is 11.5 Å². The summed E-state index contributed by atoms with van der Waals surface area (Å²) in [7, 11) is 4.88.